The van der Waals surface area contributed by atoms with Gasteiger partial charge in [-0.1, -0.05) is 13.3 Å². The van der Waals surface area contributed by atoms with Crippen LogP contribution in [0.4, 0.5) is 0 Å². The number of hydrogen-bond acceptors (Lipinski definition) is 1. The summed E-state index contributed by atoms with van der Waals surface area (Å²) in [6, 6.07) is 0. The minimum Gasteiger partial charge on any atom is -0.481 e. The normalized spacial score (nSPS) is 20.5. The first-order chi connectivity index (χ1) is 4.75. The zero-order valence-electron chi connectivity index (χ0n) is 6.34. The van der Waals surface area contributed by atoms with Crippen LogP contribution in [0.2, 0.25) is 0 Å². The van der Waals surface area contributed by atoms with Crippen LogP contribution in [0.25, 0.3) is 0 Å². The Hall–Kier alpha value is -0.530. The van der Waals surface area contributed by atoms with E-state index in [4.69, 9.17) is 5.11 Å². The molecule has 2 nitrogen and oxygen atoms in total. The van der Waals surface area contributed by atoms with Crippen molar-refractivity contribution in [1.29, 1.82) is 0 Å². The quantitative estimate of drug-likeness (QED) is 0.650. The molecule has 1 aliphatic rings. The maximum atomic E-state index is 10.6. The number of carboxylic acids is 1. The summed E-state index contributed by atoms with van der Waals surface area (Å²) in [5.74, 6) is -0.119. The number of carboxylic acid groups (broad SMARTS) is 1. The Labute approximate surface area is 61.2 Å². The van der Waals surface area contributed by atoms with Crippen molar-refractivity contribution in [3.05, 3.63) is 0 Å². The van der Waals surface area contributed by atoms with Crippen LogP contribution in [0, 0.1) is 11.8 Å². The van der Waals surface area contributed by atoms with E-state index in [1.165, 1.54) is 0 Å². The summed E-state index contributed by atoms with van der Waals surface area (Å²) in [6.07, 6.45) is 4.13. The molecule has 1 rings (SSSR count). The van der Waals surface area contributed by atoms with Crippen LogP contribution in [0.5, 0.6) is 0 Å². The predicted octanol–water partition coefficient (Wildman–Crippen LogP) is 1.90. The third-order valence-electron chi connectivity index (χ3n) is 2.11. The Morgan fingerprint density at radius 2 is 2.30 bits per heavy atom. The molecule has 0 aliphatic heterocycles. The smallest absolute Gasteiger partial charge is 0.306 e. The van der Waals surface area contributed by atoms with Crippen LogP contribution in [0.1, 0.15) is 32.6 Å². The number of hydrogen-bond donors (Lipinski definition) is 1. The summed E-state index contributed by atoms with van der Waals surface area (Å²) >= 11 is 0. The summed E-state index contributed by atoms with van der Waals surface area (Å²) in [6.45, 7) is 2.04. The van der Waals surface area contributed by atoms with Gasteiger partial charge in [0.15, 0.2) is 0 Å². The molecule has 0 amide bonds. The highest BCUT2D eigenvalue weighted by Gasteiger charge is 2.34. The van der Waals surface area contributed by atoms with E-state index in [9.17, 15) is 4.79 Å². The van der Waals surface area contributed by atoms with Gasteiger partial charge < -0.3 is 5.11 Å². The summed E-state index contributed by atoms with van der Waals surface area (Å²) in [5, 5.41) is 8.71. The molecule has 1 saturated carbocycles. The molecule has 58 valence electrons. The van der Waals surface area contributed by atoms with Gasteiger partial charge in [-0.3, -0.25) is 4.79 Å². The van der Waals surface area contributed by atoms with E-state index in [2.05, 4.69) is 0 Å². The van der Waals surface area contributed by atoms with E-state index in [0.29, 0.717) is 5.92 Å². The molecule has 1 aliphatic carbocycles. The molecular formula is C8H14O2. The zero-order chi connectivity index (χ0) is 7.56. The Kier molecular flexibility index (Phi) is 2.30. The van der Waals surface area contributed by atoms with Gasteiger partial charge >= 0.3 is 5.97 Å². The molecule has 1 N–H and O–H groups in total. The van der Waals surface area contributed by atoms with Crippen LogP contribution >= 0.6 is 0 Å². The Morgan fingerprint density at radius 3 is 2.60 bits per heavy atom. The highest BCUT2D eigenvalue weighted by molar-refractivity contribution is 5.70. The maximum Gasteiger partial charge on any atom is 0.306 e. The Morgan fingerprint density at radius 1 is 1.70 bits per heavy atom. The minimum absolute atomic E-state index is 0.0370. The first-order valence-electron chi connectivity index (χ1n) is 3.98. The van der Waals surface area contributed by atoms with E-state index in [0.717, 1.165) is 25.7 Å². The third kappa shape index (κ3) is 1.72. The van der Waals surface area contributed by atoms with Crippen LogP contribution in [-0.4, -0.2) is 11.1 Å². The first-order valence-corrected chi connectivity index (χ1v) is 3.98. The van der Waals surface area contributed by atoms with Crippen LogP contribution < -0.4 is 0 Å². The van der Waals surface area contributed by atoms with Gasteiger partial charge in [-0.2, -0.15) is 0 Å². The molecule has 0 unspecified atom stereocenters. The van der Waals surface area contributed by atoms with E-state index < -0.39 is 5.97 Å². The predicted molar refractivity (Wildman–Crippen MR) is 38.8 cm³/mol. The SMILES string of the molecule is CCC[C@@H](C(=O)O)C1CC1. The van der Waals surface area contributed by atoms with E-state index in [-0.39, 0.29) is 5.92 Å². The fraction of sp³-hybridized carbons (Fsp3) is 0.875. The van der Waals surface area contributed by atoms with Crippen molar-refractivity contribution in [2.45, 2.75) is 32.6 Å². The van der Waals surface area contributed by atoms with Crippen LogP contribution in [0.3, 0.4) is 0 Å². The van der Waals surface area contributed by atoms with Crippen molar-refractivity contribution in [1.82, 2.24) is 0 Å². The lowest BCUT2D eigenvalue weighted by atomic mass is 9.99. The molecule has 10 heavy (non-hydrogen) atoms. The minimum atomic E-state index is -0.593. The number of carbonyl (C=O) groups is 1. The van der Waals surface area contributed by atoms with E-state index in [1.807, 2.05) is 6.92 Å². The summed E-state index contributed by atoms with van der Waals surface area (Å²) in [4.78, 5) is 10.6. The maximum absolute atomic E-state index is 10.6. The van der Waals surface area contributed by atoms with Gasteiger partial charge in [-0.05, 0) is 25.2 Å². The highest BCUT2D eigenvalue weighted by atomic mass is 16.4. The molecular weight excluding hydrogens is 128 g/mol. The van der Waals surface area contributed by atoms with Crippen molar-refractivity contribution < 1.29 is 9.90 Å². The van der Waals surface area contributed by atoms with Crippen molar-refractivity contribution in [3.63, 3.8) is 0 Å². The molecule has 0 aromatic heterocycles. The Bertz CT molecular complexity index is 127. The standard InChI is InChI=1S/C8H14O2/c1-2-3-7(8(9)10)6-4-5-6/h6-7H,2-5H2,1H3,(H,9,10)/t7-/m1/s1. The second-order valence-corrected chi connectivity index (χ2v) is 3.07. The fourth-order valence-corrected chi connectivity index (χ4v) is 1.37. The van der Waals surface area contributed by atoms with Gasteiger partial charge in [-0.15, -0.1) is 0 Å². The van der Waals surface area contributed by atoms with Gasteiger partial charge in [-0.25, -0.2) is 0 Å². The summed E-state index contributed by atoms with van der Waals surface area (Å²) in [7, 11) is 0. The van der Waals surface area contributed by atoms with Gasteiger partial charge in [0.1, 0.15) is 0 Å². The van der Waals surface area contributed by atoms with Crippen LogP contribution in [-0.2, 0) is 4.79 Å². The number of rotatable bonds is 4. The van der Waals surface area contributed by atoms with E-state index in [1.54, 1.807) is 0 Å². The zero-order valence-corrected chi connectivity index (χ0v) is 6.34. The highest BCUT2D eigenvalue weighted by Crippen LogP contribution is 2.39. The second-order valence-electron chi connectivity index (χ2n) is 3.07. The van der Waals surface area contributed by atoms with Gasteiger partial charge in [0, 0.05) is 0 Å². The van der Waals surface area contributed by atoms with Gasteiger partial charge in [0.25, 0.3) is 0 Å². The summed E-state index contributed by atoms with van der Waals surface area (Å²) < 4.78 is 0. The Balaban J connectivity index is 2.34. The number of aliphatic carboxylic acids is 1. The van der Waals surface area contributed by atoms with Gasteiger partial charge in [0.2, 0.25) is 0 Å². The van der Waals surface area contributed by atoms with Gasteiger partial charge in [0.05, 0.1) is 5.92 Å². The molecule has 0 heterocycles. The molecule has 2 heteroatoms. The molecule has 1 fully saturated rings. The third-order valence-corrected chi connectivity index (χ3v) is 2.11. The average Bonchev–Trinajstić information content (AvgIpc) is 2.63. The molecule has 0 bridgehead atoms. The molecule has 0 saturated heterocycles. The molecule has 0 radical (unpaired) electrons. The first kappa shape index (κ1) is 7.58. The summed E-state index contributed by atoms with van der Waals surface area (Å²) in [5.41, 5.74) is 0. The lowest BCUT2D eigenvalue weighted by Gasteiger charge is -2.07. The van der Waals surface area contributed by atoms with E-state index >= 15 is 0 Å². The largest absolute Gasteiger partial charge is 0.481 e. The van der Waals surface area contributed by atoms with Crippen LogP contribution in [0.15, 0.2) is 0 Å². The van der Waals surface area contributed by atoms with Crippen molar-refractivity contribution in [2.24, 2.45) is 11.8 Å². The lowest BCUT2D eigenvalue weighted by molar-refractivity contribution is -0.142. The molecule has 0 aromatic carbocycles. The monoisotopic (exact) mass is 142 g/mol. The van der Waals surface area contributed by atoms with Crippen molar-refractivity contribution in [2.75, 3.05) is 0 Å². The second kappa shape index (κ2) is 3.04. The topological polar surface area (TPSA) is 37.3 Å². The average molecular weight is 142 g/mol. The van der Waals surface area contributed by atoms with Crippen molar-refractivity contribution in [3.8, 4) is 0 Å². The lowest BCUT2D eigenvalue weighted by Crippen LogP contribution is -2.15. The molecule has 1 atom stereocenters. The fourth-order valence-electron chi connectivity index (χ4n) is 1.37. The van der Waals surface area contributed by atoms with Crippen molar-refractivity contribution >= 4 is 5.97 Å². The molecule has 0 aromatic rings. The molecule has 0 spiro atoms.